The number of morpholine rings is 1. The van der Waals surface area contributed by atoms with E-state index in [1.54, 1.807) is 13.2 Å². The number of anilines is 3. The van der Waals surface area contributed by atoms with Crippen molar-refractivity contribution in [1.82, 2.24) is 4.98 Å². The summed E-state index contributed by atoms with van der Waals surface area (Å²) in [6.07, 6.45) is 5.31. The number of hydrogen-bond acceptors (Lipinski definition) is 6. The minimum Gasteiger partial charge on any atom is -0.493 e. The van der Waals surface area contributed by atoms with Crippen molar-refractivity contribution in [1.29, 1.82) is 0 Å². The largest absolute Gasteiger partial charge is 0.493 e. The molecule has 3 fully saturated rings. The molecule has 2 aliphatic heterocycles. The molecule has 3 heterocycles. The molecular weight excluding hydrogens is 531 g/mol. The first kappa shape index (κ1) is 22.7. The molecule has 0 unspecified atom stereocenters. The summed E-state index contributed by atoms with van der Waals surface area (Å²) in [5, 5.41) is 3.04. The van der Waals surface area contributed by atoms with Crippen LogP contribution in [0.25, 0.3) is 0 Å². The van der Waals surface area contributed by atoms with E-state index in [-0.39, 0.29) is 12.0 Å². The number of hydrogen-bond donors (Lipinski definition) is 1. The van der Waals surface area contributed by atoms with E-state index < -0.39 is 0 Å². The summed E-state index contributed by atoms with van der Waals surface area (Å²) in [5.41, 5.74) is 2.31. The van der Waals surface area contributed by atoms with Gasteiger partial charge in [0.05, 0.1) is 31.1 Å². The van der Waals surface area contributed by atoms with Gasteiger partial charge in [0.1, 0.15) is 5.82 Å². The van der Waals surface area contributed by atoms with E-state index in [0.717, 1.165) is 41.3 Å². The predicted octanol–water partition coefficient (Wildman–Crippen LogP) is 4.55. The first-order valence-electron chi connectivity index (χ1n) is 11.7. The van der Waals surface area contributed by atoms with Crippen molar-refractivity contribution < 1.29 is 14.3 Å². The zero-order chi connectivity index (χ0) is 23.0. The van der Waals surface area contributed by atoms with Gasteiger partial charge in [0.2, 0.25) is 0 Å². The Balaban J connectivity index is 1.37. The predicted molar refractivity (Wildman–Crippen MR) is 139 cm³/mol. The minimum atomic E-state index is -0.132. The van der Waals surface area contributed by atoms with Gasteiger partial charge in [0.25, 0.3) is 5.91 Å². The Morgan fingerprint density at radius 3 is 2.64 bits per heavy atom. The number of amides is 1. The number of nitrogens with zero attached hydrogens (tertiary/aromatic N) is 3. The molecule has 1 aromatic heterocycles. The molecule has 176 valence electrons. The highest BCUT2D eigenvalue weighted by molar-refractivity contribution is 14.1. The van der Waals surface area contributed by atoms with Crippen LogP contribution in [-0.2, 0) is 4.74 Å². The monoisotopic (exact) mass is 562 g/mol. The Morgan fingerprint density at radius 1 is 1.15 bits per heavy atom. The molecule has 1 aromatic carbocycles. The molecule has 1 amide bonds. The first-order chi connectivity index (χ1) is 16.0. The number of benzene rings is 1. The molecule has 1 N–H and O–H groups in total. The van der Waals surface area contributed by atoms with E-state index in [9.17, 15) is 4.79 Å². The lowest BCUT2D eigenvalue weighted by atomic mass is 9.93. The van der Waals surface area contributed by atoms with Crippen molar-refractivity contribution in [3.05, 3.63) is 39.5 Å². The SMILES string of the molecule is COc1ccc(NC(=O)c2ccc(I)cc2N2CCC3(CC2)CC3)nc1N1CCO[C@@H](C)C1. The average molecular weight is 562 g/mol. The molecule has 3 aliphatic rings. The highest BCUT2D eigenvalue weighted by atomic mass is 127. The van der Waals surface area contributed by atoms with Gasteiger partial charge in [-0.1, -0.05) is 0 Å². The third kappa shape index (κ3) is 4.91. The highest BCUT2D eigenvalue weighted by Crippen LogP contribution is 2.54. The summed E-state index contributed by atoms with van der Waals surface area (Å²) in [6.45, 7) is 6.20. The molecule has 1 saturated carbocycles. The highest BCUT2D eigenvalue weighted by Gasteiger charge is 2.44. The summed E-state index contributed by atoms with van der Waals surface area (Å²) < 4.78 is 12.4. The van der Waals surface area contributed by atoms with Gasteiger partial charge in [-0.25, -0.2) is 4.98 Å². The maximum absolute atomic E-state index is 13.4. The van der Waals surface area contributed by atoms with Gasteiger partial charge in [0.15, 0.2) is 11.6 Å². The second-order valence-electron chi connectivity index (χ2n) is 9.45. The molecule has 0 bridgehead atoms. The maximum Gasteiger partial charge on any atom is 0.258 e. The first-order valence-corrected chi connectivity index (χ1v) is 12.8. The smallest absolute Gasteiger partial charge is 0.258 e. The fourth-order valence-corrected chi connectivity index (χ4v) is 5.42. The third-order valence-electron chi connectivity index (χ3n) is 7.17. The van der Waals surface area contributed by atoms with Gasteiger partial charge in [0, 0.05) is 29.7 Å². The lowest BCUT2D eigenvalue weighted by Gasteiger charge is -2.35. The number of rotatable bonds is 5. The number of halogens is 1. The number of nitrogens with one attached hydrogen (secondary N) is 1. The van der Waals surface area contributed by atoms with Crippen molar-refractivity contribution in [2.24, 2.45) is 5.41 Å². The summed E-state index contributed by atoms with van der Waals surface area (Å²) >= 11 is 2.32. The normalized spacial score (nSPS) is 21.7. The molecule has 5 rings (SSSR count). The second kappa shape index (κ2) is 9.29. The van der Waals surface area contributed by atoms with Gasteiger partial charge in [-0.3, -0.25) is 4.79 Å². The summed E-state index contributed by atoms with van der Waals surface area (Å²) in [7, 11) is 1.64. The van der Waals surface area contributed by atoms with Crippen LogP contribution in [0.1, 0.15) is 43.0 Å². The molecule has 1 spiro atoms. The van der Waals surface area contributed by atoms with E-state index in [1.165, 1.54) is 25.7 Å². The zero-order valence-corrected chi connectivity index (χ0v) is 21.4. The van der Waals surface area contributed by atoms with E-state index in [0.29, 0.717) is 29.2 Å². The van der Waals surface area contributed by atoms with Gasteiger partial charge < -0.3 is 24.6 Å². The van der Waals surface area contributed by atoms with E-state index >= 15 is 0 Å². The quantitative estimate of drug-likeness (QED) is 0.540. The van der Waals surface area contributed by atoms with Crippen LogP contribution in [0.3, 0.4) is 0 Å². The van der Waals surface area contributed by atoms with Crippen LogP contribution < -0.4 is 19.9 Å². The van der Waals surface area contributed by atoms with Crippen molar-refractivity contribution in [2.45, 2.75) is 38.7 Å². The Labute approximate surface area is 209 Å². The Kier molecular flexibility index (Phi) is 6.39. The minimum absolute atomic E-state index is 0.122. The van der Waals surface area contributed by atoms with Crippen LogP contribution in [0, 0.1) is 8.99 Å². The molecule has 2 saturated heterocycles. The average Bonchev–Trinajstić information content (AvgIpc) is 3.58. The molecule has 33 heavy (non-hydrogen) atoms. The summed E-state index contributed by atoms with van der Waals surface area (Å²) in [5.74, 6) is 1.82. The zero-order valence-electron chi connectivity index (χ0n) is 19.3. The van der Waals surface area contributed by atoms with Crippen molar-refractivity contribution in [2.75, 3.05) is 55.0 Å². The van der Waals surface area contributed by atoms with Gasteiger partial charge in [-0.05, 0) is 90.9 Å². The number of aromatic nitrogens is 1. The van der Waals surface area contributed by atoms with Crippen LogP contribution >= 0.6 is 22.6 Å². The Morgan fingerprint density at radius 2 is 1.94 bits per heavy atom. The molecule has 0 radical (unpaired) electrons. The number of pyridine rings is 1. The standard InChI is InChI=1S/C25H31IN4O3/c1-17-16-30(13-14-33-17)23-21(32-2)5-6-22(27-23)28-24(31)19-4-3-18(26)15-20(19)29-11-9-25(7-8-25)10-12-29/h3-6,15,17H,7-14,16H2,1-2H3,(H,27,28,31)/t17-/m0/s1. The van der Waals surface area contributed by atoms with Gasteiger partial charge in [-0.2, -0.15) is 0 Å². The lowest BCUT2D eigenvalue weighted by molar-refractivity contribution is 0.0528. The van der Waals surface area contributed by atoms with Crippen molar-refractivity contribution in [3.8, 4) is 5.75 Å². The number of methoxy groups -OCH3 is 1. The second-order valence-corrected chi connectivity index (χ2v) is 10.7. The van der Waals surface area contributed by atoms with Crippen LogP contribution in [-0.4, -0.2) is 56.9 Å². The number of carbonyl (C=O) groups excluding carboxylic acids is 1. The van der Waals surface area contributed by atoms with Gasteiger partial charge in [-0.15, -0.1) is 0 Å². The van der Waals surface area contributed by atoms with Gasteiger partial charge >= 0.3 is 0 Å². The molecule has 7 nitrogen and oxygen atoms in total. The maximum atomic E-state index is 13.4. The van der Waals surface area contributed by atoms with Crippen LogP contribution in [0.2, 0.25) is 0 Å². The molecular formula is C25H31IN4O3. The fraction of sp³-hybridized carbons (Fsp3) is 0.520. The van der Waals surface area contributed by atoms with Crippen LogP contribution in [0.4, 0.5) is 17.3 Å². The van der Waals surface area contributed by atoms with E-state index in [4.69, 9.17) is 14.5 Å². The summed E-state index contributed by atoms with van der Waals surface area (Å²) in [6, 6.07) is 9.72. The van der Waals surface area contributed by atoms with Crippen molar-refractivity contribution in [3.63, 3.8) is 0 Å². The molecule has 2 aromatic rings. The van der Waals surface area contributed by atoms with E-state index in [1.807, 2.05) is 25.1 Å². The Bertz CT molecular complexity index is 1030. The fourth-order valence-electron chi connectivity index (χ4n) is 4.94. The van der Waals surface area contributed by atoms with Crippen LogP contribution in [0.15, 0.2) is 30.3 Å². The number of piperidine rings is 1. The number of ether oxygens (including phenoxy) is 2. The lowest BCUT2D eigenvalue weighted by Crippen LogP contribution is -2.41. The Hall–Kier alpha value is -2.07. The summed E-state index contributed by atoms with van der Waals surface area (Å²) in [4.78, 5) is 22.7. The topological polar surface area (TPSA) is 66.9 Å². The molecule has 1 atom stereocenters. The number of carbonyl (C=O) groups is 1. The third-order valence-corrected chi connectivity index (χ3v) is 7.84. The van der Waals surface area contributed by atoms with Crippen LogP contribution in [0.5, 0.6) is 5.75 Å². The molecule has 8 heteroatoms. The molecule has 1 aliphatic carbocycles. The van der Waals surface area contributed by atoms with E-state index in [2.05, 4.69) is 43.8 Å². The van der Waals surface area contributed by atoms with Crippen molar-refractivity contribution >= 4 is 45.8 Å².